The number of nitrogen functional groups attached to an aromatic ring is 1. The Morgan fingerprint density at radius 1 is 1.32 bits per heavy atom. The third-order valence-corrected chi connectivity index (χ3v) is 3.85. The van der Waals surface area contributed by atoms with Gasteiger partial charge >= 0.3 is 0 Å². The lowest BCUT2D eigenvalue weighted by molar-refractivity contribution is 0.415. The summed E-state index contributed by atoms with van der Waals surface area (Å²) in [5.41, 5.74) is 5.98. The second kappa shape index (κ2) is 4.81. The first-order valence-corrected chi connectivity index (χ1v) is 6.86. The van der Waals surface area contributed by atoms with Crippen LogP contribution < -0.4 is 15.2 Å². The zero-order chi connectivity index (χ0) is 14.0. The smallest absolute Gasteiger partial charge is 0.267 e. The summed E-state index contributed by atoms with van der Waals surface area (Å²) in [7, 11) is -0.605. The molecule has 3 N–H and O–H groups in total. The zero-order valence-corrected chi connectivity index (χ0v) is 11.3. The number of sulfonamides is 1. The summed E-state index contributed by atoms with van der Waals surface area (Å²) in [6.45, 7) is 0. The lowest BCUT2D eigenvalue weighted by Gasteiger charge is -2.07. The van der Waals surface area contributed by atoms with E-state index in [2.05, 4.69) is 9.82 Å². The van der Waals surface area contributed by atoms with Gasteiger partial charge in [-0.15, -0.1) is 0 Å². The minimum atomic E-state index is -3.74. The lowest BCUT2D eigenvalue weighted by Crippen LogP contribution is -2.13. The number of nitrogens with zero attached hydrogens (tertiary/aromatic N) is 2. The molecule has 2 rings (SSSR count). The topological polar surface area (TPSA) is 99.2 Å². The normalized spacial score (nSPS) is 11.3. The molecule has 0 aliphatic rings. The number of hydrogen-bond donors (Lipinski definition) is 2. The zero-order valence-electron chi connectivity index (χ0n) is 10.5. The van der Waals surface area contributed by atoms with Crippen LogP contribution in [0.4, 0.5) is 11.5 Å². The molecule has 2 aromatic rings. The Morgan fingerprint density at radius 3 is 2.42 bits per heavy atom. The molecule has 7 nitrogen and oxygen atoms in total. The van der Waals surface area contributed by atoms with Crippen molar-refractivity contribution in [2.75, 3.05) is 17.6 Å². The van der Waals surface area contributed by atoms with E-state index in [0.717, 1.165) is 0 Å². The number of nitrogens with one attached hydrogen (secondary N) is 1. The fraction of sp³-hybridized carbons (Fsp3) is 0.182. The summed E-state index contributed by atoms with van der Waals surface area (Å²) < 4.78 is 33.0. The van der Waals surface area contributed by atoms with Gasteiger partial charge in [0.2, 0.25) is 0 Å². The Balaban J connectivity index is 2.28. The van der Waals surface area contributed by atoms with E-state index in [4.69, 9.17) is 10.5 Å². The molecule has 0 aliphatic heterocycles. The van der Waals surface area contributed by atoms with E-state index < -0.39 is 10.0 Å². The van der Waals surface area contributed by atoms with Gasteiger partial charge in [0.05, 0.1) is 7.11 Å². The number of aromatic nitrogens is 2. The number of hydrogen-bond acceptors (Lipinski definition) is 5. The van der Waals surface area contributed by atoms with Gasteiger partial charge in [-0.2, -0.15) is 5.10 Å². The number of ether oxygens (including phenoxy) is 1. The molecule has 0 amide bonds. The highest BCUT2D eigenvalue weighted by Gasteiger charge is 2.20. The molecule has 0 fully saturated rings. The monoisotopic (exact) mass is 282 g/mol. The average molecular weight is 282 g/mol. The van der Waals surface area contributed by atoms with E-state index in [0.29, 0.717) is 11.4 Å². The first-order chi connectivity index (χ1) is 8.92. The van der Waals surface area contributed by atoms with Gasteiger partial charge in [-0.05, 0) is 24.3 Å². The molecule has 0 unspecified atom stereocenters. The summed E-state index contributed by atoms with van der Waals surface area (Å²) in [6.07, 6.45) is 1.35. The van der Waals surface area contributed by atoms with Crippen molar-refractivity contribution in [3.63, 3.8) is 0 Å². The number of benzene rings is 1. The second-order valence-corrected chi connectivity index (χ2v) is 5.54. The van der Waals surface area contributed by atoms with Gasteiger partial charge in [0.1, 0.15) is 10.6 Å². The van der Waals surface area contributed by atoms with Crippen molar-refractivity contribution in [1.82, 2.24) is 9.78 Å². The van der Waals surface area contributed by atoms with Crippen LogP contribution in [0.25, 0.3) is 0 Å². The number of anilines is 2. The van der Waals surface area contributed by atoms with Crippen LogP contribution in [0, 0.1) is 0 Å². The molecular formula is C11H14N4O3S. The average Bonchev–Trinajstić information content (AvgIpc) is 2.70. The third-order valence-electron chi connectivity index (χ3n) is 2.45. The predicted octanol–water partition coefficient (Wildman–Crippen LogP) is 0.812. The Labute approximate surface area is 111 Å². The van der Waals surface area contributed by atoms with Gasteiger partial charge in [-0.1, -0.05) is 0 Å². The Bertz CT molecular complexity index is 676. The molecule has 0 aliphatic carbocycles. The minimum absolute atomic E-state index is 0.0384. The fourth-order valence-electron chi connectivity index (χ4n) is 1.56. The van der Waals surface area contributed by atoms with Crippen LogP contribution in [-0.4, -0.2) is 25.3 Å². The van der Waals surface area contributed by atoms with Crippen LogP contribution in [0.15, 0.2) is 35.4 Å². The number of nitrogens with two attached hydrogens (primary N) is 1. The maximum Gasteiger partial charge on any atom is 0.267 e. The van der Waals surface area contributed by atoms with Crippen molar-refractivity contribution in [3.8, 4) is 5.75 Å². The van der Waals surface area contributed by atoms with Crippen molar-refractivity contribution in [3.05, 3.63) is 30.5 Å². The van der Waals surface area contributed by atoms with E-state index in [-0.39, 0.29) is 10.7 Å². The summed E-state index contributed by atoms with van der Waals surface area (Å²) in [5, 5.41) is 3.80. The van der Waals surface area contributed by atoms with Crippen LogP contribution in [0.3, 0.4) is 0 Å². The molecule has 8 heteroatoms. The van der Waals surface area contributed by atoms with Gasteiger partial charge in [-0.3, -0.25) is 9.40 Å². The molecule has 0 atom stereocenters. The van der Waals surface area contributed by atoms with Crippen molar-refractivity contribution in [2.45, 2.75) is 4.90 Å². The highest BCUT2D eigenvalue weighted by molar-refractivity contribution is 7.92. The molecule has 102 valence electrons. The molecule has 0 radical (unpaired) electrons. The number of rotatable bonds is 4. The quantitative estimate of drug-likeness (QED) is 0.864. The largest absolute Gasteiger partial charge is 0.497 e. The fourth-order valence-corrected chi connectivity index (χ4v) is 2.72. The number of aryl methyl sites for hydroxylation is 1. The van der Waals surface area contributed by atoms with Crippen LogP contribution in [0.1, 0.15) is 0 Å². The van der Waals surface area contributed by atoms with E-state index in [9.17, 15) is 8.42 Å². The summed E-state index contributed by atoms with van der Waals surface area (Å²) >= 11 is 0. The van der Waals surface area contributed by atoms with Gasteiger partial charge in [0.25, 0.3) is 10.0 Å². The molecule has 0 spiro atoms. The molecule has 1 heterocycles. The molecular weight excluding hydrogens is 268 g/mol. The van der Waals surface area contributed by atoms with E-state index in [1.807, 2.05) is 0 Å². The molecule has 1 aromatic heterocycles. The molecule has 0 saturated heterocycles. The molecule has 0 saturated carbocycles. The van der Waals surface area contributed by atoms with Gasteiger partial charge in [-0.25, -0.2) is 8.42 Å². The summed E-state index contributed by atoms with van der Waals surface area (Å²) in [4.78, 5) is -0.0502. The third kappa shape index (κ3) is 2.79. The molecule has 0 bridgehead atoms. The second-order valence-electron chi connectivity index (χ2n) is 3.89. The lowest BCUT2D eigenvalue weighted by atomic mass is 10.3. The van der Waals surface area contributed by atoms with Gasteiger partial charge in [0, 0.05) is 18.9 Å². The van der Waals surface area contributed by atoms with Crippen molar-refractivity contribution < 1.29 is 13.2 Å². The van der Waals surface area contributed by atoms with Crippen molar-refractivity contribution in [1.29, 1.82) is 0 Å². The first-order valence-electron chi connectivity index (χ1n) is 5.38. The Kier molecular flexibility index (Phi) is 3.34. The maximum atomic E-state index is 12.1. The first kappa shape index (κ1) is 13.2. The minimum Gasteiger partial charge on any atom is -0.497 e. The highest BCUT2D eigenvalue weighted by atomic mass is 32.2. The van der Waals surface area contributed by atoms with E-state index in [1.54, 1.807) is 31.3 Å². The summed E-state index contributed by atoms with van der Waals surface area (Å²) in [5.74, 6) is 0.604. The summed E-state index contributed by atoms with van der Waals surface area (Å²) in [6, 6.07) is 6.51. The maximum absolute atomic E-state index is 12.1. The van der Waals surface area contributed by atoms with Gasteiger partial charge in [0.15, 0.2) is 5.82 Å². The van der Waals surface area contributed by atoms with Crippen LogP contribution in [-0.2, 0) is 17.1 Å². The highest BCUT2D eigenvalue weighted by Crippen LogP contribution is 2.21. The molecule has 1 aromatic carbocycles. The van der Waals surface area contributed by atoms with Crippen LogP contribution >= 0.6 is 0 Å². The predicted molar refractivity (Wildman–Crippen MR) is 71.4 cm³/mol. The molecule has 19 heavy (non-hydrogen) atoms. The van der Waals surface area contributed by atoms with Gasteiger partial charge < -0.3 is 10.5 Å². The Hall–Kier alpha value is -2.22. The van der Waals surface area contributed by atoms with E-state index in [1.165, 1.54) is 18.0 Å². The van der Waals surface area contributed by atoms with Crippen LogP contribution in [0.5, 0.6) is 5.75 Å². The van der Waals surface area contributed by atoms with Crippen molar-refractivity contribution in [2.24, 2.45) is 7.05 Å². The van der Waals surface area contributed by atoms with E-state index >= 15 is 0 Å². The number of methoxy groups -OCH3 is 1. The standard InChI is InChI=1S/C11H14N4O3S/c1-15-7-10(11(12)13-15)19(16,17)14-8-3-5-9(18-2)6-4-8/h3-7,14H,1-2H3,(H2,12,13). The SMILES string of the molecule is COc1ccc(NS(=O)(=O)c2cn(C)nc2N)cc1. The Morgan fingerprint density at radius 2 is 1.95 bits per heavy atom. The van der Waals surface area contributed by atoms with Crippen LogP contribution in [0.2, 0.25) is 0 Å². The van der Waals surface area contributed by atoms with Crippen molar-refractivity contribution >= 4 is 21.5 Å².